The zero-order chi connectivity index (χ0) is 10.9. The molecule has 0 aliphatic heterocycles. The lowest BCUT2D eigenvalue weighted by Crippen LogP contribution is -2.51. The smallest absolute Gasteiger partial charge is 0.0712 e. The van der Waals surface area contributed by atoms with Crippen molar-refractivity contribution in [2.24, 2.45) is 11.1 Å². The second-order valence-corrected chi connectivity index (χ2v) is 3.34. The number of carboxylic acids is 2. The Hall–Kier alpha value is -1.62. The Labute approximate surface area is 80.5 Å². The molecule has 2 N–H and O–H groups in total. The van der Waals surface area contributed by atoms with E-state index < -0.39 is 23.4 Å². The van der Waals surface area contributed by atoms with E-state index in [1.54, 1.807) is 0 Å². The minimum atomic E-state index is -1.38. The van der Waals surface area contributed by atoms with Gasteiger partial charge in [0.15, 0.2) is 0 Å². The van der Waals surface area contributed by atoms with E-state index in [2.05, 4.69) is 0 Å². The molecule has 0 aromatic carbocycles. The summed E-state index contributed by atoms with van der Waals surface area (Å²) in [6.07, 6.45) is 3.51. The van der Waals surface area contributed by atoms with Gasteiger partial charge in [-0.05, 0) is 12.5 Å². The van der Waals surface area contributed by atoms with E-state index in [1.165, 1.54) is 13.0 Å². The van der Waals surface area contributed by atoms with Gasteiger partial charge in [0.05, 0.1) is 11.9 Å². The van der Waals surface area contributed by atoms with Gasteiger partial charge in [0.25, 0.3) is 0 Å². The van der Waals surface area contributed by atoms with Gasteiger partial charge in [0.2, 0.25) is 0 Å². The van der Waals surface area contributed by atoms with Crippen LogP contribution in [0, 0.1) is 5.41 Å². The number of carbonyl (C=O) groups excluding carboxylic acids is 2. The molecule has 0 bridgehead atoms. The Morgan fingerprint density at radius 3 is 2.43 bits per heavy atom. The second kappa shape index (κ2) is 3.26. The van der Waals surface area contributed by atoms with Gasteiger partial charge < -0.3 is 25.5 Å². The van der Waals surface area contributed by atoms with E-state index in [0.29, 0.717) is 0 Å². The number of hydrogen-bond donors (Lipinski definition) is 1. The second-order valence-electron chi connectivity index (χ2n) is 3.34. The predicted octanol–water partition coefficient (Wildman–Crippen LogP) is -2.68. The van der Waals surface area contributed by atoms with Crippen molar-refractivity contribution in [2.75, 3.05) is 0 Å². The summed E-state index contributed by atoms with van der Waals surface area (Å²) in [6.45, 7) is 1.37. The number of rotatable bonds is 2. The summed E-state index contributed by atoms with van der Waals surface area (Å²) in [5.74, 6) is -2.72. The summed E-state index contributed by atoms with van der Waals surface area (Å²) in [5.41, 5.74) is 4.03. The highest BCUT2D eigenvalue weighted by Gasteiger charge is 2.31. The molecule has 0 saturated heterocycles. The van der Waals surface area contributed by atoms with E-state index in [-0.39, 0.29) is 5.57 Å². The third-order valence-electron chi connectivity index (χ3n) is 2.34. The summed E-state index contributed by atoms with van der Waals surface area (Å²) in [4.78, 5) is 21.2. The summed E-state index contributed by atoms with van der Waals surface area (Å²) in [5, 5.41) is 21.2. The lowest BCUT2D eigenvalue weighted by Gasteiger charge is -2.34. The fourth-order valence-corrected chi connectivity index (χ4v) is 1.14. The molecule has 1 aliphatic carbocycles. The van der Waals surface area contributed by atoms with Crippen LogP contribution in [-0.2, 0) is 9.59 Å². The Morgan fingerprint density at radius 2 is 2.07 bits per heavy atom. The third kappa shape index (κ3) is 1.54. The highest BCUT2D eigenvalue weighted by Crippen LogP contribution is 2.27. The van der Waals surface area contributed by atoms with Gasteiger partial charge >= 0.3 is 0 Å². The molecule has 0 amide bonds. The van der Waals surface area contributed by atoms with Crippen molar-refractivity contribution in [1.82, 2.24) is 0 Å². The molecule has 14 heavy (non-hydrogen) atoms. The van der Waals surface area contributed by atoms with Gasteiger partial charge in [-0.1, -0.05) is 18.2 Å². The standard InChI is InChI=1S/C9H11NO4/c1-9(8(13)14)3-2-5(7(11)12)4-6(9)10/h2-4,6H,10H2,1H3,(H,11,12)(H,13,14)/p-2. The number of aliphatic carboxylic acids is 2. The van der Waals surface area contributed by atoms with E-state index in [9.17, 15) is 19.8 Å². The fourth-order valence-electron chi connectivity index (χ4n) is 1.14. The molecule has 0 fully saturated rings. The van der Waals surface area contributed by atoms with Crippen LogP contribution < -0.4 is 15.9 Å². The Morgan fingerprint density at radius 1 is 1.50 bits per heavy atom. The number of carboxylic acid groups (broad SMARTS) is 2. The number of nitrogens with two attached hydrogens (primary N) is 1. The molecule has 0 saturated carbocycles. The molecular formula is C9H9NO4-2. The maximum atomic E-state index is 10.7. The van der Waals surface area contributed by atoms with Crippen LogP contribution in [0.25, 0.3) is 0 Å². The predicted molar refractivity (Wildman–Crippen MR) is 43.3 cm³/mol. The highest BCUT2D eigenvalue weighted by atomic mass is 16.4. The summed E-state index contributed by atoms with van der Waals surface area (Å²) < 4.78 is 0. The molecule has 5 nitrogen and oxygen atoms in total. The fraction of sp³-hybridized carbons (Fsp3) is 0.333. The van der Waals surface area contributed by atoms with Crippen LogP contribution in [-0.4, -0.2) is 18.0 Å². The Kier molecular flexibility index (Phi) is 2.44. The van der Waals surface area contributed by atoms with Gasteiger partial charge in [-0.3, -0.25) is 0 Å². The minimum Gasteiger partial charge on any atom is -0.549 e. The van der Waals surface area contributed by atoms with Crippen molar-refractivity contribution >= 4 is 11.9 Å². The maximum absolute atomic E-state index is 10.7. The monoisotopic (exact) mass is 195 g/mol. The van der Waals surface area contributed by atoms with Crippen LogP contribution in [0.5, 0.6) is 0 Å². The summed E-state index contributed by atoms with van der Waals surface area (Å²) in [6, 6.07) is -0.926. The first-order valence-electron chi connectivity index (χ1n) is 3.97. The largest absolute Gasteiger partial charge is 0.549 e. The van der Waals surface area contributed by atoms with Gasteiger partial charge in [-0.2, -0.15) is 0 Å². The zero-order valence-corrected chi connectivity index (χ0v) is 7.52. The molecule has 0 aromatic rings. The van der Waals surface area contributed by atoms with E-state index in [1.807, 2.05) is 0 Å². The molecule has 1 aliphatic rings. The maximum Gasteiger partial charge on any atom is 0.0712 e. The van der Waals surface area contributed by atoms with Crippen LogP contribution in [0.4, 0.5) is 0 Å². The molecule has 5 heteroatoms. The van der Waals surface area contributed by atoms with Crippen LogP contribution >= 0.6 is 0 Å². The van der Waals surface area contributed by atoms with E-state index >= 15 is 0 Å². The van der Waals surface area contributed by atoms with Crippen molar-refractivity contribution in [3.05, 3.63) is 23.8 Å². The number of carbonyl (C=O) groups is 2. The molecule has 2 atom stereocenters. The van der Waals surface area contributed by atoms with Crippen molar-refractivity contribution in [3.63, 3.8) is 0 Å². The number of hydrogen-bond acceptors (Lipinski definition) is 5. The topological polar surface area (TPSA) is 106 Å². The molecule has 0 heterocycles. The molecule has 76 valence electrons. The van der Waals surface area contributed by atoms with Crippen molar-refractivity contribution in [2.45, 2.75) is 13.0 Å². The normalized spacial score (nSPS) is 31.0. The quantitative estimate of drug-likeness (QED) is 0.516. The average Bonchev–Trinajstić information content (AvgIpc) is 2.09. The first kappa shape index (κ1) is 10.5. The third-order valence-corrected chi connectivity index (χ3v) is 2.34. The van der Waals surface area contributed by atoms with Crippen molar-refractivity contribution in [3.8, 4) is 0 Å². The van der Waals surface area contributed by atoms with Gasteiger partial charge in [-0.25, -0.2) is 0 Å². The average molecular weight is 195 g/mol. The van der Waals surface area contributed by atoms with Crippen LogP contribution in [0.15, 0.2) is 23.8 Å². The van der Waals surface area contributed by atoms with Gasteiger partial charge in [0.1, 0.15) is 0 Å². The SMILES string of the molecule is CC1(C(=O)[O-])C=CC(C(=O)[O-])=CC1N. The lowest BCUT2D eigenvalue weighted by molar-refractivity contribution is -0.316. The van der Waals surface area contributed by atoms with Crippen LogP contribution in [0.2, 0.25) is 0 Å². The molecule has 2 unspecified atom stereocenters. The molecular weight excluding hydrogens is 186 g/mol. The molecule has 0 aromatic heterocycles. The Bertz CT molecular complexity index is 345. The zero-order valence-electron chi connectivity index (χ0n) is 7.52. The van der Waals surface area contributed by atoms with Crippen LogP contribution in [0.3, 0.4) is 0 Å². The first-order chi connectivity index (χ1) is 6.38. The minimum absolute atomic E-state index is 0.115. The Balaban J connectivity index is 3.02. The van der Waals surface area contributed by atoms with Crippen molar-refractivity contribution in [1.29, 1.82) is 0 Å². The van der Waals surface area contributed by atoms with E-state index in [4.69, 9.17) is 5.73 Å². The summed E-state index contributed by atoms with van der Waals surface area (Å²) >= 11 is 0. The molecule has 0 spiro atoms. The molecule has 0 radical (unpaired) electrons. The van der Waals surface area contributed by atoms with Gasteiger partial charge in [-0.15, -0.1) is 0 Å². The lowest BCUT2D eigenvalue weighted by atomic mass is 9.78. The molecule has 1 rings (SSSR count). The van der Waals surface area contributed by atoms with Gasteiger partial charge in [0, 0.05) is 11.5 Å². The van der Waals surface area contributed by atoms with E-state index in [0.717, 1.165) is 12.2 Å². The highest BCUT2D eigenvalue weighted by molar-refractivity contribution is 5.90. The van der Waals surface area contributed by atoms with Crippen LogP contribution in [0.1, 0.15) is 6.92 Å². The summed E-state index contributed by atoms with van der Waals surface area (Å²) in [7, 11) is 0. The van der Waals surface area contributed by atoms with Crippen molar-refractivity contribution < 1.29 is 19.8 Å². The first-order valence-corrected chi connectivity index (χ1v) is 3.97.